The highest BCUT2D eigenvalue weighted by Gasteiger charge is 2.13. The molecule has 0 bridgehead atoms. The molecule has 2 rings (SSSR count). The first-order valence-corrected chi connectivity index (χ1v) is 4.81. The molecule has 0 aromatic heterocycles. The Kier molecular flexibility index (Phi) is 2.09. The number of rotatable bonds is 0. The first kappa shape index (κ1) is 8.36. The summed E-state index contributed by atoms with van der Waals surface area (Å²) < 4.78 is 0. The zero-order valence-corrected chi connectivity index (χ0v) is 8.12. The minimum Gasteiger partial charge on any atom is -0.382 e. The number of anilines is 1. The normalized spacial score (nSPS) is 26.0. The summed E-state index contributed by atoms with van der Waals surface area (Å²) in [6.07, 6.45) is 4.47. The first-order valence-electron chi connectivity index (χ1n) is 4.81. The molecule has 0 saturated heterocycles. The third-order valence-corrected chi connectivity index (χ3v) is 2.71. The monoisotopic (exact) mass is 173 g/mol. The molecule has 1 aromatic rings. The second-order valence-electron chi connectivity index (χ2n) is 3.74. The molecule has 68 valence electrons. The lowest BCUT2D eigenvalue weighted by Crippen LogP contribution is -2.21. The third kappa shape index (κ3) is 1.59. The van der Waals surface area contributed by atoms with Gasteiger partial charge in [0.1, 0.15) is 0 Å². The van der Waals surface area contributed by atoms with Crippen LogP contribution in [-0.2, 0) is 0 Å². The molecule has 1 aliphatic heterocycles. The van der Waals surface area contributed by atoms with E-state index in [2.05, 4.69) is 55.6 Å². The summed E-state index contributed by atoms with van der Waals surface area (Å²) in [5.41, 5.74) is 2.54. The van der Waals surface area contributed by atoms with Gasteiger partial charge in [-0.2, -0.15) is 0 Å². The van der Waals surface area contributed by atoms with Gasteiger partial charge in [0, 0.05) is 11.7 Å². The zero-order valence-electron chi connectivity index (χ0n) is 8.12. The van der Waals surface area contributed by atoms with Gasteiger partial charge in [-0.25, -0.2) is 0 Å². The second-order valence-corrected chi connectivity index (χ2v) is 3.74. The number of nitrogens with one attached hydrogen (secondary N) is 1. The maximum Gasteiger partial charge on any atom is 0.0415 e. The molecular weight excluding hydrogens is 158 g/mol. The summed E-state index contributed by atoms with van der Waals surface area (Å²) in [6.45, 7) is 4.46. The van der Waals surface area contributed by atoms with Crippen molar-refractivity contribution in [2.75, 3.05) is 5.32 Å². The highest BCUT2D eigenvalue weighted by molar-refractivity contribution is 5.68. The predicted octanol–water partition coefficient (Wildman–Crippen LogP) is 3.15. The Hall–Kier alpha value is -1.24. The topological polar surface area (TPSA) is 12.0 Å². The van der Waals surface area contributed by atoms with Crippen LogP contribution in [0.4, 0.5) is 5.69 Å². The number of benzene rings is 1. The molecule has 0 unspecified atom stereocenters. The SMILES string of the molecule is C[C@@H]1C=Cc2ccccc2N[C@@H]1C. The van der Waals surface area contributed by atoms with Gasteiger partial charge in [-0.1, -0.05) is 37.3 Å². The van der Waals surface area contributed by atoms with E-state index in [-0.39, 0.29) is 0 Å². The molecule has 0 saturated carbocycles. The van der Waals surface area contributed by atoms with E-state index in [0.717, 1.165) is 0 Å². The fraction of sp³-hybridized carbons (Fsp3) is 0.333. The lowest BCUT2D eigenvalue weighted by molar-refractivity contribution is 0.623. The van der Waals surface area contributed by atoms with E-state index in [1.165, 1.54) is 11.3 Å². The molecule has 1 heterocycles. The van der Waals surface area contributed by atoms with Crippen molar-refractivity contribution >= 4 is 11.8 Å². The Balaban J connectivity index is 2.40. The van der Waals surface area contributed by atoms with Crippen LogP contribution in [0.2, 0.25) is 0 Å². The molecule has 0 fully saturated rings. The number of hydrogen-bond donors (Lipinski definition) is 1. The van der Waals surface area contributed by atoms with Crippen LogP contribution in [-0.4, -0.2) is 6.04 Å². The standard InChI is InChI=1S/C12H15N/c1-9-7-8-11-5-3-4-6-12(11)13-10(9)2/h3-10,13H,1-2H3/t9-,10-/m1/s1. The van der Waals surface area contributed by atoms with E-state index < -0.39 is 0 Å². The summed E-state index contributed by atoms with van der Waals surface area (Å²) in [5, 5.41) is 3.51. The Morgan fingerprint density at radius 2 is 1.92 bits per heavy atom. The third-order valence-electron chi connectivity index (χ3n) is 2.71. The molecule has 1 N–H and O–H groups in total. The summed E-state index contributed by atoms with van der Waals surface area (Å²) in [4.78, 5) is 0. The van der Waals surface area contributed by atoms with Crippen LogP contribution in [0.5, 0.6) is 0 Å². The molecule has 0 radical (unpaired) electrons. The van der Waals surface area contributed by atoms with Gasteiger partial charge in [-0.05, 0) is 24.5 Å². The van der Waals surface area contributed by atoms with Crippen LogP contribution in [0.25, 0.3) is 6.08 Å². The van der Waals surface area contributed by atoms with Gasteiger partial charge in [0.15, 0.2) is 0 Å². The Bertz CT molecular complexity index is 328. The lowest BCUT2D eigenvalue weighted by Gasteiger charge is -2.17. The summed E-state index contributed by atoms with van der Waals surface area (Å²) >= 11 is 0. The van der Waals surface area contributed by atoms with Gasteiger partial charge in [0.25, 0.3) is 0 Å². The maximum atomic E-state index is 3.51. The van der Waals surface area contributed by atoms with Crippen LogP contribution in [0.3, 0.4) is 0 Å². The highest BCUT2D eigenvalue weighted by atomic mass is 14.9. The van der Waals surface area contributed by atoms with E-state index in [9.17, 15) is 0 Å². The van der Waals surface area contributed by atoms with Crippen LogP contribution >= 0.6 is 0 Å². The minimum absolute atomic E-state index is 0.514. The smallest absolute Gasteiger partial charge is 0.0415 e. The van der Waals surface area contributed by atoms with Crippen molar-refractivity contribution < 1.29 is 0 Å². The quantitative estimate of drug-likeness (QED) is 0.635. The van der Waals surface area contributed by atoms with Gasteiger partial charge in [0.05, 0.1) is 0 Å². The van der Waals surface area contributed by atoms with E-state index in [1.54, 1.807) is 0 Å². The molecule has 1 heteroatoms. The largest absolute Gasteiger partial charge is 0.382 e. The van der Waals surface area contributed by atoms with E-state index in [4.69, 9.17) is 0 Å². The first-order chi connectivity index (χ1) is 6.27. The molecule has 13 heavy (non-hydrogen) atoms. The van der Waals surface area contributed by atoms with Crippen LogP contribution in [0, 0.1) is 5.92 Å². The average molecular weight is 173 g/mol. The van der Waals surface area contributed by atoms with Crippen LogP contribution < -0.4 is 5.32 Å². The fourth-order valence-corrected chi connectivity index (χ4v) is 1.57. The molecule has 0 aliphatic carbocycles. The van der Waals surface area contributed by atoms with Crippen LogP contribution in [0.15, 0.2) is 30.3 Å². The molecule has 2 atom stereocenters. The molecule has 1 aliphatic rings. The molecular formula is C12H15N. The van der Waals surface area contributed by atoms with Crippen molar-refractivity contribution in [3.05, 3.63) is 35.9 Å². The van der Waals surface area contributed by atoms with E-state index in [1.807, 2.05) is 0 Å². The van der Waals surface area contributed by atoms with Crippen LogP contribution in [0.1, 0.15) is 19.4 Å². The Morgan fingerprint density at radius 1 is 1.15 bits per heavy atom. The summed E-state index contributed by atoms with van der Waals surface area (Å²) in [6, 6.07) is 8.94. The molecule has 0 spiro atoms. The fourth-order valence-electron chi connectivity index (χ4n) is 1.57. The van der Waals surface area contributed by atoms with Gasteiger partial charge < -0.3 is 5.32 Å². The van der Waals surface area contributed by atoms with Gasteiger partial charge >= 0.3 is 0 Å². The summed E-state index contributed by atoms with van der Waals surface area (Å²) in [7, 11) is 0. The Labute approximate surface area is 79.5 Å². The number of hydrogen-bond acceptors (Lipinski definition) is 1. The number of fused-ring (bicyclic) bond motifs is 1. The molecule has 1 nitrogen and oxygen atoms in total. The maximum absolute atomic E-state index is 3.51. The number of para-hydroxylation sites is 1. The predicted molar refractivity (Wildman–Crippen MR) is 57.7 cm³/mol. The second kappa shape index (κ2) is 3.25. The van der Waals surface area contributed by atoms with Gasteiger partial charge in [0.2, 0.25) is 0 Å². The van der Waals surface area contributed by atoms with E-state index >= 15 is 0 Å². The van der Waals surface area contributed by atoms with Crippen molar-refractivity contribution in [2.45, 2.75) is 19.9 Å². The zero-order chi connectivity index (χ0) is 9.26. The van der Waals surface area contributed by atoms with Crippen molar-refractivity contribution in [1.29, 1.82) is 0 Å². The molecule has 0 amide bonds. The van der Waals surface area contributed by atoms with Gasteiger partial charge in [-0.3, -0.25) is 0 Å². The minimum atomic E-state index is 0.514. The highest BCUT2D eigenvalue weighted by Crippen LogP contribution is 2.24. The van der Waals surface area contributed by atoms with Gasteiger partial charge in [-0.15, -0.1) is 0 Å². The average Bonchev–Trinajstić information content (AvgIpc) is 2.28. The van der Waals surface area contributed by atoms with Crippen molar-refractivity contribution in [3.63, 3.8) is 0 Å². The van der Waals surface area contributed by atoms with E-state index in [0.29, 0.717) is 12.0 Å². The summed E-state index contributed by atoms with van der Waals surface area (Å²) in [5.74, 6) is 0.590. The van der Waals surface area contributed by atoms with Crippen molar-refractivity contribution in [2.24, 2.45) is 5.92 Å². The van der Waals surface area contributed by atoms with Crippen molar-refractivity contribution in [3.8, 4) is 0 Å². The molecule has 1 aromatic carbocycles. The lowest BCUT2D eigenvalue weighted by atomic mass is 10.0. The Morgan fingerprint density at radius 3 is 2.77 bits per heavy atom. The van der Waals surface area contributed by atoms with Crippen molar-refractivity contribution in [1.82, 2.24) is 0 Å².